The number of para-hydroxylation sites is 4. The van der Waals surface area contributed by atoms with Crippen molar-refractivity contribution in [2.45, 2.75) is 158 Å². The third kappa shape index (κ3) is 31.6. The standard InChI is InChI=1S/2C25H35N2.4C5H5N.2O2.2Yb/c2*1-16(2)20-11-9-12-21(17(3)4)24(20)26-15-27-25-22(18(5)6)13-10-14-23(25)19(7)8;4*1-2-4-6-5-3-1;2*1-2;;/h2*9-19H,1-8H3;4*1-5H;;;;/q2*-1;;;;;2*-2;2*+3. The van der Waals surface area contributed by atoms with Crippen LogP contribution in [0.3, 0.4) is 0 Å². The molecule has 0 aliphatic rings. The smallest absolute Gasteiger partial charge is 1.00 e. The van der Waals surface area contributed by atoms with Gasteiger partial charge in [-0.05, 0) is 163 Å². The molecule has 4 heterocycles. The minimum Gasteiger partial charge on any atom is -1.00 e. The van der Waals surface area contributed by atoms with Crippen molar-refractivity contribution in [1.82, 2.24) is 19.9 Å². The second-order valence-corrected chi connectivity index (χ2v) is 21.2. The van der Waals surface area contributed by atoms with E-state index in [0.717, 1.165) is 22.7 Å². The Morgan fingerprint density at radius 1 is 0.274 bits per heavy atom. The molecule has 14 heteroatoms. The summed E-state index contributed by atoms with van der Waals surface area (Å²) in [5.41, 5.74) is 14.6. The van der Waals surface area contributed by atoms with Gasteiger partial charge in [0.05, 0.1) is 0 Å². The number of pyridine rings is 4. The Kier molecular flexibility index (Phi) is 47.9. The minimum atomic E-state index is 0. The molecule has 0 aliphatic carbocycles. The Morgan fingerprint density at radius 2 is 0.440 bits per heavy atom. The topological polar surface area (TPSA) is 197 Å². The molecule has 0 fully saturated rings. The molecule has 0 saturated heterocycles. The number of nitrogens with zero attached hydrogens (tertiary/aromatic N) is 8. The van der Waals surface area contributed by atoms with Gasteiger partial charge in [-0.2, -0.15) is 0 Å². The first kappa shape index (κ1) is 81.4. The molecule has 8 aromatic rings. The van der Waals surface area contributed by atoms with Crippen LogP contribution in [0.5, 0.6) is 0 Å². The molecule has 84 heavy (non-hydrogen) atoms. The van der Waals surface area contributed by atoms with Crippen molar-refractivity contribution in [1.29, 1.82) is 0 Å². The summed E-state index contributed by atoms with van der Waals surface area (Å²) in [5, 5.41) is 37.7. The van der Waals surface area contributed by atoms with Crippen LogP contribution in [0, 0.1) is 93.8 Å². The van der Waals surface area contributed by atoms with E-state index < -0.39 is 0 Å². The summed E-state index contributed by atoms with van der Waals surface area (Å²) < 4.78 is 0. The molecule has 0 amide bonds. The number of benzene rings is 4. The van der Waals surface area contributed by atoms with Crippen LogP contribution in [0.4, 0.5) is 22.7 Å². The van der Waals surface area contributed by atoms with E-state index >= 15 is 0 Å². The first-order chi connectivity index (χ1) is 39.5. The third-order valence-electron chi connectivity index (χ3n) is 12.4. The van der Waals surface area contributed by atoms with Gasteiger partial charge in [0.1, 0.15) is 0 Å². The molecule has 2 radical (unpaired) electrons. The van der Waals surface area contributed by atoms with E-state index in [1.54, 1.807) is 62.3 Å². The first-order valence-electron chi connectivity index (χ1n) is 28.2. The summed E-state index contributed by atoms with van der Waals surface area (Å²) in [6.45, 7) is 35.6. The maximum atomic E-state index is 7.00. The zero-order valence-electron chi connectivity index (χ0n) is 52.0. The fraction of sp³-hybridized carbons (Fsp3) is 0.343. The summed E-state index contributed by atoms with van der Waals surface area (Å²) in [6.07, 6.45) is 17.5. The maximum absolute atomic E-state index is 7.00. The number of hydrogen-bond donors (Lipinski definition) is 0. The Hall–Kier alpha value is -4.70. The monoisotopic (exact) mass is 1450 g/mol. The summed E-state index contributed by atoms with van der Waals surface area (Å²) >= 11 is 0. The van der Waals surface area contributed by atoms with Crippen LogP contribution >= 0.6 is 0 Å². The number of hydrogen-bond acceptors (Lipinski definition) is 10. The van der Waals surface area contributed by atoms with E-state index in [9.17, 15) is 0 Å². The van der Waals surface area contributed by atoms with E-state index in [1.807, 2.05) is 72.8 Å². The minimum absolute atomic E-state index is 0. The summed E-state index contributed by atoms with van der Waals surface area (Å²) in [4.78, 5) is 24.8. The number of aromatic nitrogens is 4. The van der Waals surface area contributed by atoms with Crippen molar-refractivity contribution in [2.24, 2.45) is 9.98 Å². The number of aliphatic imine (C=N–C) groups is 2. The Bertz CT molecular complexity index is 2420. The summed E-state index contributed by atoms with van der Waals surface area (Å²) in [7, 11) is 0. The van der Waals surface area contributed by atoms with Gasteiger partial charge < -0.3 is 41.6 Å². The van der Waals surface area contributed by atoms with Crippen molar-refractivity contribution >= 4 is 35.4 Å². The average Bonchev–Trinajstić information content (AvgIpc) is 3.50. The molecule has 0 unspecified atom stereocenters. The predicted molar refractivity (Wildman–Crippen MR) is 338 cm³/mol. The van der Waals surface area contributed by atoms with Gasteiger partial charge in [0, 0.05) is 49.6 Å². The Morgan fingerprint density at radius 3 is 0.571 bits per heavy atom. The molecule has 0 saturated carbocycles. The molecule has 0 atom stereocenters. The van der Waals surface area contributed by atoms with Gasteiger partial charge in [-0.25, -0.2) is 0 Å². The quantitative estimate of drug-likeness (QED) is 0.0443. The van der Waals surface area contributed by atoms with Gasteiger partial charge in [0.15, 0.2) is 0 Å². The summed E-state index contributed by atoms with van der Waals surface area (Å²) in [6, 6.07) is 48.9. The van der Waals surface area contributed by atoms with Crippen molar-refractivity contribution < 1.29 is 115 Å². The van der Waals surface area contributed by atoms with E-state index in [0.29, 0.717) is 47.3 Å². The molecule has 0 N–H and O–H groups in total. The first-order valence-corrected chi connectivity index (χ1v) is 28.2. The van der Waals surface area contributed by atoms with Crippen molar-refractivity contribution in [3.63, 3.8) is 0 Å². The van der Waals surface area contributed by atoms with Crippen LogP contribution in [-0.2, 0) is 0 Å². The van der Waals surface area contributed by atoms with Crippen LogP contribution < -0.4 is 21.0 Å². The normalized spacial score (nSPS) is 10.2. The molecule has 462 valence electrons. The van der Waals surface area contributed by atoms with E-state index in [-0.39, 0.29) is 93.8 Å². The van der Waals surface area contributed by atoms with Crippen molar-refractivity contribution in [3.8, 4) is 0 Å². The molecule has 0 spiro atoms. The zero-order valence-corrected chi connectivity index (χ0v) is 55.4. The van der Waals surface area contributed by atoms with Gasteiger partial charge in [0.2, 0.25) is 0 Å². The van der Waals surface area contributed by atoms with Crippen molar-refractivity contribution in [3.05, 3.63) is 250 Å². The van der Waals surface area contributed by atoms with Gasteiger partial charge in [-0.15, -0.1) is 0 Å². The molecule has 12 nitrogen and oxygen atoms in total. The van der Waals surface area contributed by atoms with E-state index in [4.69, 9.17) is 41.6 Å². The molecule has 4 aromatic carbocycles. The van der Waals surface area contributed by atoms with Gasteiger partial charge in [0.25, 0.3) is 0 Å². The largest absolute Gasteiger partial charge is 3.00 e. The molecular formula is C70H90N8O4Yb2. The zero-order chi connectivity index (χ0) is 61.2. The fourth-order valence-corrected chi connectivity index (χ4v) is 8.18. The van der Waals surface area contributed by atoms with Gasteiger partial charge >= 0.3 is 93.8 Å². The van der Waals surface area contributed by atoms with Gasteiger partial charge in [-0.3, -0.25) is 19.9 Å². The van der Waals surface area contributed by atoms with Crippen LogP contribution in [0.2, 0.25) is 0 Å². The average molecular weight is 1450 g/mol. The van der Waals surface area contributed by atoms with E-state index in [1.165, 1.54) is 44.5 Å². The Labute approximate surface area is 582 Å². The Balaban J connectivity index is 0. The van der Waals surface area contributed by atoms with Crippen LogP contribution in [0.1, 0.15) is 203 Å². The van der Waals surface area contributed by atoms with Crippen LogP contribution in [0.25, 0.3) is 10.6 Å². The predicted octanol–water partition coefficient (Wildman–Crippen LogP) is 16.7. The van der Waals surface area contributed by atoms with Crippen LogP contribution in [0.15, 0.2) is 205 Å². The second-order valence-electron chi connectivity index (χ2n) is 21.2. The van der Waals surface area contributed by atoms with E-state index in [2.05, 4.69) is 204 Å². The maximum Gasteiger partial charge on any atom is 3.00 e. The molecule has 8 rings (SSSR count). The molecular weight excluding hydrogens is 1360 g/mol. The molecule has 4 aromatic heterocycles. The van der Waals surface area contributed by atoms with Crippen molar-refractivity contribution in [2.75, 3.05) is 0 Å². The summed E-state index contributed by atoms with van der Waals surface area (Å²) in [5.74, 6) is 3.48. The van der Waals surface area contributed by atoms with Crippen LogP contribution in [-0.4, -0.2) is 32.6 Å². The fourth-order valence-electron chi connectivity index (χ4n) is 8.18. The SMILES string of the molecule is CC(C)c1cccc(C(C)C)c1N=C[N-]c1c(C(C)C)cccc1C(C)C.CC(C)c1cccc(C(C)C)c1N=C[N-]c1c(C(C)C)cccc1C(C)C.[O-][O-].[O-][O-].[Yb+3].[Yb+3].c1ccncc1.c1ccncc1.c1ccncc1.c1ccncc1. The van der Waals surface area contributed by atoms with Gasteiger partial charge in [-0.1, -0.05) is 221 Å². The third-order valence-corrected chi connectivity index (χ3v) is 12.4. The number of rotatable bonds is 14. The molecule has 0 bridgehead atoms. The second kappa shape index (κ2) is 49.4. The molecule has 0 aliphatic heterocycles.